The second-order valence-electron chi connectivity index (χ2n) is 4.43. The van der Waals surface area contributed by atoms with Crippen LogP contribution in [0.4, 0.5) is 18.9 Å². The molecular formula is C14H11F3N2O2. The van der Waals surface area contributed by atoms with Crippen molar-refractivity contribution in [3.05, 3.63) is 47.7 Å². The van der Waals surface area contributed by atoms with Crippen LogP contribution < -0.4 is 5.73 Å². The summed E-state index contributed by atoms with van der Waals surface area (Å²) in [5.41, 5.74) is 5.62. The number of aromatic nitrogens is 1. The lowest BCUT2D eigenvalue weighted by molar-refractivity contribution is -0.138. The minimum absolute atomic E-state index is 0.178. The summed E-state index contributed by atoms with van der Waals surface area (Å²) in [6.45, 7) is 0. The third-order valence-electron chi connectivity index (χ3n) is 2.79. The summed E-state index contributed by atoms with van der Waals surface area (Å²) in [6, 6.07) is 5.97. The van der Waals surface area contributed by atoms with Gasteiger partial charge in [-0.05, 0) is 23.8 Å². The molecule has 3 N–H and O–H groups in total. The summed E-state index contributed by atoms with van der Waals surface area (Å²) in [5, 5.41) is 8.86. The van der Waals surface area contributed by atoms with Gasteiger partial charge >= 0.3 is 12.1 Å². The first-order valence-electron chi connectivity index (χ1n) is 5.91. The Hall–Kier alpha value is -2.57. The molecule has 110 valence electrons. The van der Waals surface area contributed by atoms with Gasteiger partial charge in [0.15, 0.2) is 0 Å². The number of nitrogens with two attached hydrogens (primary N) is 1. The first kappa shape index (κ1) is 14.8. The van der Waals surface area contributed by atoms with Gasteiger partial charge in [-0.15, -0.1) is 0 Å². The van der Waals surface area contributed by atoms with Crippen molar-refractivity contribution in [2.75, 3.05) is 5.73 Å². The van der Waals surface area contributed by atoms with Crippen molar-refractivity contribution in [1.29, 1.82) is 0 Å². The van der Waals surface area contributed by atoms with Crippen LogP contribution in [0.2, 0.25) is 0 Å². The Morgan fingerprint density at radius 2 is 2.00 bits per heavy atom. The maximum absolute atomic E-state index is 12.7. The number of aliphatic carboxylic acids is 1. The van der Waals surface area contributed by atoms with Crippen LogP contribution in [0.1, 0.15) is 11.1 Å². The van der Waals surface area contributed by atoms with Crippen LogP contribution in [0.3, 0.4) is 0 Å². The number of rotatable bonds is 3. The average molecular weight is 296 g/mol. The van der Waals surface area contributed by atoms with Crippen molar-refractivity contribution >= 4 is 11.7 Å². The second kappa shape index (κ2) is 5.43. The summed E-state index contributed by atoms with van der Waals surface area (Å²) in [5.74, 6) is -1.12. The minimum atomic E-state index is -4.48. The van der Waals surface area contributed by atoms with E-state index in [4.69, 9.17) is 10.8 Å². The van der Waals surface area contributed by atoms with Gasteiger partial charge in [0.25, 0.3) is 0 Å². The second-order valence-corrected chi connectivity index (χ2v) is 4.43. The van der Waals surface area contributed by atoms with E-state index in [0.29, 0.717) is 0 Å². The molecule has 1 heterocycles. The normalized spacial score (nSPS) is 11.4. The predicted octanol–water partition coefficient (Wildman–Crippen LogP) is 2.98. The average Bonchev–Trinajstić information content (AvgIpc) is 2.37. The van der Waals surface area contributed by atoms with Gasteiger partial charge in [-0.3, -0.25) is 9.78 Å². The van der Waals surface area contributed by atoms with E-state index in [1.54, 1.807) is 0 Å². The highest BCUT2D eigenvalue weighted by Gasteiger charge is 2.30. The van der Waals surface area contributed by atoms with E-state index in [0.717, 1.165) is 12.1 Å². The number of pyridine rings is 1. The Bertz CT molecular complexity index is 684. The topological polar surface area (TPSA) is 76.2 Å². The lowest BCUT2D eigenvalue weighted by Crippen LogP contribution is -2.07. The molecule has 1 aromatic heterocycles. The summed E-state index contributed by atoms with van der Waals surface area (Å²) in [7, 11) is 0. The van der Waals surface area contributed by atoms with Crippen LogP contribution in [-0.2, 0) is 17.4 Å². The fourth-order valence-corrected chi connectivity index (χ4v) is 1.93. The zero-order chi connectivity index (χ0) is 15.6. The molecule has 0 unspecified atom stereocenters. The van der Waals surface area contributed by atoms with Crippen LogP contribution in [0, 0.1) is 0 Å². The van der Waals surface area contributed by atoms with Crippen molar-refractivity contribution in [3.63, 3.8) is 0 Å². The Kier molecular flexibility index (Phi) is 3.84. The highest BCUT2D eigenvalue weighted by molar-refractivity contribution is 5.76. The fourth-order valence-electron chi connectivity index (χ4n) is 1.93. The van der Waals surface area contributed by atoms with Gasteiger partial charge in [-0.1, -0.05) is 12.1 Å². The number of alkyl halides is 3. The first-order valence-corrected chi connectivity index (χ1v) is 5.91. The molecule has 0 bridgehead atoms. The lowest BCUT2D eigenvalue weighted by atomic mass is 10.0. The molecule has 0 spiro atoms. The highest BCUT2D eigenvalue weighted by Crippen LogP contribution is 2.32. The number of nitrogens with zero attached hydrogens (tertiary/aromatic N) is 1. The van der Waals surface area contributed by atoms with E-state index in [-0.39, 0.29) is 28.9 Å². The molecule has 0 amide bonds. The molecule has 0 aliphatic carbocycles. The third-order valence-corrected chi connectivity index (χ3v) is 2.79. The van der Waals surface area contributed by atoms with Gasteiger partial charge in [0.05, 0.1) is 29.6 Å². The van der Waals surface area contributed by atoms with E-state index < -0.39 is 17.7 Å². The smallest absolute Gasteiger partial charge is 0.416 e. The molecule has 7 heteroatoms. The number of carboxylic acid groups (broad SMARTS) is 1. The van der Waals surface area contributed by atoms with E-state index in [1.165, 1.54) is 24.4 Å². The number of halogens is 3. The first-order chi connectivity index (χ1) is 9.77. The molecule has 0 aliphatic rings. The Morgan fingerprint density at radius 1 is 1.29 bits per heavy atom. The van der Waals surface area contributed by atoms with Crippen LogP contribution in [-0.4, -0.2) is 16.1 Å². The minimum Gasteiger partial charge on any atom is -0.481 e. The number of anilines is 1. The molecule has 0 saturated carbocycles. The lowest BCUT2D eigenvalue weighted by Gasteiger charge is -2.11. The monoisotopic (exact) mass is 296 g/mol. The molecule has 2 aromatic rings. The van der Waals surface area contributed by atoms with E-state index in [9.17, 15) is 18.0 Å². The Balaban J connectivity index is 2.54. The third kappa shape index (κ3) is 3.50. The predicted molar refractivity (Wildman–Crippen MR) is 70.4 cm³/mol. The number of carboxylic acids is 1. The van der Waals surface area contributed by atoms with E-state index in [2.05, 4.69) is 4.98 Å². The van der Waals surface area contributed by atoms with Gasteiger partial charge in [-0.25, -0.2) is 0 Å². The van der Waals surface area contributed by atoms with Crippen molar-refractivity contribution in [1.82, 2.24) is 4.98 Å². The van der Waals surface area contributed by atoms with E-state index in [1.807, 2.05) is 0 Å². The number of hydrogen-bond acceptors (Lipinski definition) is 3. The molecular weight excluding hydrogens is 285 g/mol. The molecule has 4 nitrogen and oxygen atoms in total. The van der Waals surface area contributed by atoms with Gasteiger partial charge < -0.3 is 10.8 Å². The molecule has 0 saturated heterocycles. The quantitative estimate of drug-likeness (QED) is 0.913. The largest absolute Gasteiger partial charge is 0.481 e. The molecule has 2 rings (SSSR count). The van der Waals surface area contributed by atoms with Crippen LogP contribution in [0.15, 0.2) is 36.5 Å². The van der Waals surface area contributed by atoms with Gasteiger partial charge in [0.1, 0.15) is 0 Å². The van der Waals surface area contributed by atoms with Crippen LogP contribution in [0.5, 0.6) is 0 Å². The summed E-state index contributed by atoms with van der Waals surface area (Å²) >= 11 is 0. The zero-order valence-corrected chi connectivity index (χ0v) is 10.7. The molecule has 0 fully saturated rings. The number of carbonyl (C=O) groups is 1. The van der Waals surface area contributed by atoms with Crippen LogP contribution >= 0.6 is 0 Å². The number of nitrogen functional groups attached to an aromatic ring is 1. The Labute approximate surface area is 118 Å². The molecule has 0 aliphatic heterocycles. The van der Waals surface area contributed by atoms with E-state index >= 15 is 0 Å². The van der Waals surface area contributed by atoms with Crippen molar-refractivity contribution < 1.29 is 23.1 Å². The number of hydrogen-bond donors (Lipinski definition) is 2. The fraction of sp³-hybridized carbons (Fsp3) is 0.143. The van der Waals surface area contributed by atoms with Crippen molar-refractivity contribution in [2.45, 2.75) is 12.6 Å². The molecule has 0 radical (unpaired) electrons. The standard InChI is InChI=1S/C14H11F3N2O2/c15-14(16,17)10-3-1-2-8(4-10)13-9(6-12(20)21)5-11(18)7-19-13/h1-5,7H,6,18H2,(H,20,21). The molecule has 21 heavy (non-hydrogen) atoms. The highest BCUT2D eigenvalue weighted by atomic mass is 19.4. The van der Waals surface area contributed by atoms with Gasteiger partial charge in [0.2, 0.25) is 0 Å². The summed E-state index contributed by atoms with van der Waals surface area (Å²) in [4.78, 5) is 14.8. The molecule has 0 atom stereocenters. The van der Waals surface area contributed by atoms with Crippen LogP contribution in [0.25, 0.3) is 11.3 Å². The zero-order valence-electron chi connectivity index (χ0n) is 10.7. The Morgan fingerprint density at radius 3 is 2.62 bits per heavy atom. The van der Waals surface area contributed by atoms with Gasteiger partial charge in [-0.2, -0.15) is 13.2 Å². The number of benzene rings is 1. The van der Waals surface area contributed by atoms with Crippen molar-refractivity contribution in [3.8, 4) is 11.3 Å². The maximum Gasteiger partial charge on any atom is 0.416 e. The van der Waals surface area contributed by atoms with Crippen molar-refractivity contribution in [2.24, 2.45) is 0 Å². The maximum atomic E-state index is 12.7. The summed E-state index contributed by atoms with van der Waals surface area (Å²) in [6.07, 6.45) is -3.57. The summed E-state index contributed by atoms with van der Waals surface area (Å²) < 4.78 is 38.2. The SMILES string of the molecule is Nc1cnc(-c2cccc(C(F)(F)F)c2)c(CC(=O)O)c1. The molecule has 1 aromatic carbocycles. The van der Waals surface area contributed by atoms with Gasteiger partial charge in [0, 0.05) is 5.56 Å².